The highest BCUT2D eigenvalue weighted by atomic mass is 19.1. The molecule has 0 aliphatic heterocycles. The van der Waals surface area contributed by atoms with E-state index in [1.807, 2.05) is 6.92 Å². The number of hydrogen-bond acceptors (Lipinski definition) is 2. The lowest BCUT2D eigenvalue weighted by Crippen LogP contribution is -2.06. The first-order valence-electron chi connectivity index (χ1n) is 5.36. The predicted octanol–water partition coefficient (Wildman–Crippen LogP) is 2.58. The van der Waals surface area contributed by atoms with Crippen molar-refractivity contribution in [3.63, 3.8) is 0 Å². The summed E-state index contributed by atoms with van der Waals surface area (Å²) in [7, 11) is 0. The highest BCUT2D eigenvalue weighted by Gasteiger charge is 2.09. The fourth-order valence-corrected chi connectivity index (χ4v) is 1.63. The van der Waals surface area contributed by atoms with E-state index in [2.05, 4.69) is 5.10 Å². The minimum absolute atomic E-state index is 0.0830. The molecule has 1 aromatic carbocycles. The summed E-state index contributed by atoms with van der Waals surface area (Å²) in [5, 5.41) is 4.15. The minimum Gasteiger partial charge on any atom is -0.293 e. The van der Waals surface area contributed by atoms with E-state index in [4.69, 9.17) is 0 Å². The molecule has 0 fully saturated rings. The second-order valence-electron chi connectivity index (χ2n) is 3.98. The normalized spacial score (nSPS) is 10.5. The maximum Gasteiger partial charge on any atom is 0.179 e. The van der Waals surface area contributed by atoms with Gasteiger partial charge in [-0.15, -0.1) is 0 Å². The molecule has 0 bridgehead atoms. The first kappa shape index (κ1) is 11.5. The van der Waals surface area contributed by atoms with Crippen LogP contribution >= 0.6 is 0 Å². The number of hydrogen-bond donors (Lipinski definition) is 0. The van der Waals surface area contributed by atoms with Crippen molar-refractivity contribution in [2.75, 3.05) is 0 Å². The molecule has 3 nitrogen and oxygen atoms in total. The van der Waals surface area contributed by atoms with Crippen LogP contribution in [0.4, 0.5) is 4.39 Å². The molecule has 2 aromatic rings. The van der Waals surface area contributed by atoms with Crippen LogP contribution in [0.1, 0.15) is 28.7 Å². The monoisotopic (exact) mass is 232 g/mol. The third-order valence-corrected chi connectivity index (χ3v) is 2.62. The summed E-state index contributed by atoms with van der Waals surface area (Å²) < 4.78 is 15.1. The van der Waals surface area contributed by atoms with Gasteiger partial charge < -0.3 is 0 Å². The first-order chi connectivity index (χ1) is 8.08. The van der Waals surface area contributed by atoms with Crippen LogP contribution in [0.25, 0.3) is 0 Å². The molecular formula is C13H13FN2O. The van der Waals surface area contributed by atoms with Crippen LogP contribution in [0.2, 0.25) is 0 Å². The molecule has 0 aliphatic carbocycles. The van der Waals surface area contributed by atoms with Gasteiger partial charge in [-0.1, -0.05) is 18.2 Å². The summed E-state index contributed by atoms with van der Waals surface area (Å²) in [6.45, 7) is 3.65. The van der Waals surface area contributed by atoms with Crippen molar-refractivity contribution < 1.29 is 9.18 Å². The summed E-state index contributed by atoms with van der Waals surface area (Å²) in [6.07, 6.45) is 0. The Bertz CT molecular complexity index is 560. The number of nitrogens with zero attached hydrogens (tertiary/aromatic N) is 2. The van der Waals surface area contributed by atoms with Gasteiger partial charge in [0.25, 0.3) is 0 Å². The first-order valence-corrected chi connectivity index (χ1v) is 5.36. The zero-order chi connectivity index (χ0) is 12.4. The Hall–Kier alpha value is -1.97. The van der Waals surface area contributed by atoms with E-state index in [9.17, 15) is 9.18 Å². The van der Waals surface area contributed by atoms with Crippen molar-refractivity contribution in [2.24, 2.45) is 0 Å². The molecule has 0 N–H and O–H groups in total. The lowest BCUT2D eigenvalue weighted by Gasteiger charge is -2.05. The summed E-state index contributed by atoms with van der Waals surface area (Å²) in [5.41, 5.74) is 1.83. The van der Waals surface area contributed by atoms with Crippen molar-refractivity contribution in [1.82, 2.24) is 9.78 Å². The number of carbonyl (C=O) groups is 1. The lowest BCUT2D eigenvalue weighted by atomic mass is 10.2. The smallest absolute Gasteiger partial charge is 0.179 e. The van der Waals surface area contributed by atoms with Crippen molar-refractivity contribution in [3.8, 4) is 0 Å². The van der Waals surface area contributed by atoms with Gasteiger partial charge in [-0.2, -0.15) is 5.10 Å². The van der Waals surface area contributed by atoms with Gasteiger partial charge in [0.2, 0.25) is 0 Å². The lowest BCUT2D eigenvalue weighted by molar-refractivity contribution is 0.101. The Morgan fingerprint density at radius 2 is 2.12 bits per heavy atom. The van der Waals surface area contributed by atoms with Gasteiger partial charge in [-0.05, 0) is 19.1 Å². The van der Waals surface area contributed by atoms with Crippen LogP contribution in [0.5, 0.6) is 0 Å². The molecule has 0 amide bonds. The standard InChI is InChI=1S/C13H13FN2O/c1-9-7-13(10(2)17)15-16(9)8-11-5-3-4-6-12(11)14/h3-7H,8H2,1-2H3. The maximum absolute atomic E-state index is 13.5. The fourth-order valence-electron chi connectivity index (χ4n) is 1.63. The highest BCUT2D eigenvalue weighted by Crippen LogP contribution is 2.11. The van der Waals surface area contributed by atoms with E-state index in [1.54, 1.807) is 28.9 Å². The second kappa shape index (κ2) is 4.49. The number of rotatable bonds is 3. The predicted molar refractivity (Wildman–Crippen MR) is 62.5 cm³/mol. The number of carbonyl (C=O) groups excluding carboxylic acids is 1. The number of ketones is 1. The van der Waals surface area contributed by atoms with E-state index < -0.39 is 0 Å². The molecule has 0 unspecified atom stereocenters. The Morgan fingerprint density at radius 3 is 2.71 bits per heavy atom. The molecule has 88 valence electrons. The molecule has 1 heterocycles. The van der Waals surface area contributed by atoms with Gasteiger partial charge in [0.1, 0.15) is 11.5 Å². The topological polar surface area (TPSA) is 34.9 Å². The Balaban J connectivity index is 2.30. The quantitative estimate of drug-likeness (QED) is 0.762. The summed E-state index contributed by atoms with van der Waals surface area (Å²) >= 11 is 0. The van der Waals surface area contributed by atoms with Gasteiger partial charge >= 0.3 is 0 Å². The van der Waals surface area contributed by atoms with E-state index in [-0.39, 0.29) is 11.6 Å². The van der Waals surface area contributed by atoms with E-state index in [0.29, 0.717) is 17.8 Å². The SMILES string of the molecule is CC(=O)c1cc(C)n(Cc2ccccc2F)n1. The van der Waals surface area contributed by atoms with E-state index in [0.717, 1.165) is 5.69 Å². The zero-order valence-corrected chi connectivity index (χ0v) is 9.77. The van der Waals surface area contributed by atoms with E-state index >= 15 is 0 Å². The average molecular weight is 232 g/mol. The number of aryl methyl sites for hydroxylation is 1. The second-order valence-corrected chi connectivity index (χ2v) is 3.98. The molecule has 0 aliphatic rings. The van der Waals surface area contributed by atoms with Crippen LogP contribution in [0.15, 0.2) is 30.3 Å². The van der Waals surface area contributed by atoms with Crippen molar-refractivity contribution in [1.29, 1.82) is 0 Å². The van der Waals surface area contributed by atoms with E-state index in [1.165, 1.54) is 13.0 Å². The summed E-state index contributed by atoms with van der Waals surface area (Å²) in [6, 6.07) is 8.27. The summed E-state index contributed by atoms with van der Waals surface area (Å²) in [4.78, 5) is 11.2. The Kier molecular flexibility index (Phi) is 3.04. The molecule has 1 aromatic heterocycles. The number of aromatic nitrogens is 2. The largest absolute Gasteiger partial charge is 0.293 e. The van der Waals surface area contributed by atoms with Crippen molar-refractivity contribution >= 4 is 5.78 Å². The molecule has 0 atom stereocenters. The van der Waals surface area contributed by atoms with Crippen LogP contribution in [0.3, 0.4) is 0 Å². The third kappa shape index (κ3) is 2.41. The van der Waals surface area contributed by atoms with Gasteiger partial charge in [0.05, 0.1) is 6.54 Å². The molecule has 2 rings (SSSR count). The van der Waals surface area contributed by atoms with Crippen LogP contribution in [0, 0.1) is 12.7 Å². The minimum atomic E-state index is -0.258. The molecule has 4 heteroatoms. The maximum atomic E-state index is 13.5. The Morgan fingerprint density at radius 1 is 1.41 bits per heavy atom. The summed E-state index contributed by atoms with van der Waals surface area (Å²) in [5.74, 6) is -0.341. The van der Waals surface area contributed by atoms with Gasteiger partial charge in [0.15, 0.2) is 5.78 Å². The molecule has 17 heavy (non-hydrogen) atoms. The molecule has 0 radical (unpaired) electrons. The zero-order valence-electron chi connectivity index (χ0n) is 9.77. The fraction of sp³-hybridized carbons (Fsp3) is 0.231. The highest BCUT2D eigenvalue weighted by molar-refractivity contribution is 5.92. The third-order valence-electron chi connectivity index (χ3n) is 2.62. The molecule has 0 saturated carbocycles. The van der Waals surface area contributed by atoms with Gasteiger partial charge in [0, 0.05) is 18.2 Å². The van der Waals surface area contributed by atoms with Gasteiger partial charge in [-0.25, -0.2) is 4.39 Å². The van der Waals surface area contributed by atoms with Crippen molar-refractivity contribution in [3.05, 3.63) is 53.1 Å². The van der Waals surface area contributed by atoms with Crippen LogP contribution in [-0.2, 0) is 6.54 Å². The van der Waals surface area contributed by atoms with Crippen LogP contribution in [-0.4, -0.2) is 15.6 Å². The number of benzene rings is 1. The number of halogens is 1. The Labute approximate surface area is 98.9 Å². The van der Waals surface area contributed by atoms with Crippen LogP contribution < -0.4 is 0 Å². The molecule has 0 spiro atoms. The van der Waals surface area contributed by atoms with Crippen molar-refractivity contribution in [2.45, 2.75) is 20.4 Å². The number of Topliss-reactive ketones (excluding diaryl/α,β-unsaturated/α-hetero) is 1. The molecule has 0 saturated heterocycles. The molecular weight excluding hydrogens is 219 g/mol. The van der Waals surface area contributed by atoms with Gasteiger partial charge in [-0.3, -0.25) is 9.48 Å². The average Bonchev–Trinajstić information content (AvgIpc) is 2.64.